The number of hydrogen-bond acceptors (Lipinski definition) is 4. The number of carbonyl (C=O) groups excluding carboxylic acids is 1. The van der Waals surface area contributed by atoms with Gasteiger partial charge in [0, 0.05) is 55.7 Å². The summed E-state index contributed by atoms with van der Waals surface area (Å²) in [5, 5.41) is 0.866. The molecule has 2 aromatic heterocycles. The van der Waals surface area contributed by atoms with Crippen LogP contribution in [0.3, 0.4) is 0 Å². The monoisotopic (exact) mass is 422 g/mol. The van der Waals surface area contributed by atoms with Crippen molar-refractivity contribution >= 4 is 22.5 Å². The Labute approximate surface area is 188 Å². The summed E-state index contributed by atoms with van der Waals surface area (Å²) in [5.41, 5.74) is 5.54. The first-order valence-electron chi connectivity index (χ1n) is 11.1. The molecule has 5 rings (SSSR count). The van der Waals surface area contributed by atoms with Gasteiger partial charge >= 0.3 is 0 Å². The van der Waals surface area contributed by atoms with Crippen LogP contribution >= 0.6 is 0 Å². The molecule has 1 saturated heterocycles. The van der Waals surface area contributed by atoms with E-state index in [4.69, 9.17) is 4.98 Å². The fourth-order valence-electron chi connectivity index (χ4n) is 4.46. The number of aromatic nitrogens is 2. The minimum atomic E-state index is -0.00929. The zero-order chi connectivity index (χ0) is 21.9. The number of carbonyl (C=O) groups is 1. The van der Waals surface area contributed by atoms with E-state index in [1.165, 1.54) is 24.1 Å². The van der Waals surface area contributed by atoms with Gasteiger partial charge in [-0.3, -0.25) is 9.78 Å². The molecule has 0 unspecified atom stereocenters. The first-order valence-corrected chi connectivity index (χ1v) is 11.1. The van der Waals surface area contributed by atoms with Crippen molar-refractivity contribution in [2.75, 3.05) is 25.0 Å². The van der Waals surface area contributed by atoms with E-state index in [1.807, 2.05) is 54.4 Å². The summed E-state index contributed by atoms with van der Waals surface area (Å²) in [6.07, 6.45) is 5.97. The van der Waals surface area contributed by atoms with Gasteiger partial charge in [-0.2, -0.15) is 0 Å². The highest BCUT2D eigenvalue weighted by molar-refractivity contribution is 6.07. The average molecular weight is 423 g/mol. The lowest BCUT2D eigenvalue weighted by atomic mass is 10.0. The van der Waals surface area contributed by atoms with Crippen molar-refractivity contribution in [3.8, 4) is 11.3 Å². The maximum Gasteiger partial charge on any atom is 0.254 e. The number of nitrogens with zero attached hydrogens (tertiary/aromatic N) is 4. The van der Waals surface area contributed by atoms with Crippen LogP contribution in [-0.2, 0) is 6.54 Å². The molecule has 0 aliphatic carbocycles. The van der Waals surface area contributed by atoms with Crippen LogP contribution in [0.4, 0.5) is 5.69 Å². The Balaban J connectivity index is 1.50. The number of fused-ring (bicyclic) bond motifs is 1. The number of anilines is 1. The Morgan fingerprint density at radius 1 is 1.00 bits per heavy atom. The number of rotatable bonds is 5. The molecule has 2 aromatic carbocycles. The van der Waals surface area contributed by atoms with E-state index in [0.717, 1.165) is 35.2 Å². The van der Waals surface area contributed by atoms with Crippen LogP contribution in [0.5, 0.6) is 0 Å². The predicted molar refractivity (Wildman–Crippen MR) is 129 cm³/mol. The van der Waals surface area contributed by atoms with Crippen molar-refractivity contribution in [3.05, 3.63) is 90.3 Å². The molecule has 160 valence electrons. The van der Waals surface area contributed by atoms with Crippen molar-refractivity contribution in [2.24, 2.45) is 0 Å². The maximum atomic E-state index is 13.6. The van der Waals surface area contributed by atoms with Crippen molar-refractivity contribution in [1.29, 1.82) is 0 Å². The number of pyridine rings is 2. The van der Waals surface area contributed by atoms with E-state index >= 15 is 0 Å². The molecule has 0 atom stereocenters. The van der Waals surface area contributed by atoms with Crippen LogP contribution in [0.1, 0.15) is 28.8 Å². The number of benzene rings is 2. The van der Waals surface area contributed by atoms with Crippen molar-refractivity contribution in [1.82, 2.24) is 14.9 Å². The van der Waals surface area contributed by atoms with E-state index in [0.29, 0.717) is 12.1 Å². The third kappa shape index (κ3) is 3.94. The van der Waals surface area contributed by atoms with Gasteiger partial charge in [0.25, 0.3) is 5.91 Å². The normalized spacial score (nSPS) is 13.5. The summed E-state index contributed by atoms with van der Waals surface area (Å²) in [6, 6.07) is 22.0. The van der Waals surface area contributed by atoms with Gasteiger partial charge in [-0.1, -0.05) is 36.4 Å². The molecule has 1 fully saturated rings. The van der Waals surface area contributed by atoms with Crippen LogP contribution in [0, 0.1) is 0 Å². The quantitative estimate of drug-likeness (QED) is 0.445. The van der Waals surface area contributed by atoms with Crippen molar-refractivity contribution < 1.29 is 4.79 Å². The summed E-state index contributed by atoms with van der Waals surface area (Å²) in [4.78, 5) is 26.9. The minimum absolute atomic E-state index is 0.00929. The third-order valence-electron chi connectivity index (χ3n) is 6.10. The molecule has 0 spiro atoms. The zero-order valence-corrected chi connectivity index (χ0v) is 18.2. The molecular weight excluding hydrogens is 396 g/mol. The first kappa shape index (κ1) is 20.2. The minimum Gasteiger partial charge on any atom is -0.371 e. The van der Waals surface area contributed by atoms with Gasteiger partial charge in [0.05, 0.1) is 16.8 Å². The molecule has 5 heteroatoms. The second-order valence-corrected chi connectivity index (χ2v) is 8.30. The average Bonchev–Trinajstić information content (AvgIpc) is 3.38. The molecule has 1 aliphatic heterocycles. The fraction of sp³-hybridized carbons (Fsp3) is 0.222. The van der Waals surface area contributed by atoms with Gasteiger partial charge in [0.15, 0.2) is 0 Å². The highest BCUT2D eigenvalue weighted by Crippen LogP contribution is 2.28. The van der Waals surface area contributed by atoms with Gasteiger partial charge < -0.3 is 9.80 Å². The van der Waals surface area contributed by atoms with Gasteiger partial charge in [0.1, 0.15) is 0 Å². The number of amides is 1. The molecule has 5 nitrogen and oxygen atoms in total. The smallest absolute Gasteiger partial charge is 0.254 e. The van der Waals surface area contributed by atoms with E-state index in [-0.39, 0.29) is 5.91 Å². The van der Waals surface area contributed by atoms with Crippen molar-refractivity contribution in [3.63, 3.8) is 0 Å². The fourth-order valence-corrected chi connectivity index (χ4v) is 4.46. The molecule has 32 heavy (non-hydrogen) atoms. The summed E-state index contributed by atoms with van der Waals surface area (Å²) in [6.45, 7) is 2.72. The highest BCUT2D eigenvalue weighted by atomic mass is 16.2. The summed E-state index contributed by atoms with van der Waals surface area (Å²) < 4.78 is 0. The second-order valence-electron chi connectivity index (χ2n) is 8.30. The summed E-state index contributed by atoms with van der Waals surface area (Å²) >= 11 is 0. The molecule has 1 amide bonds. The molecule has 3 heterocycles. The van der Waals surface area contributed by atoms with Crippen LogP contribution < -0.4 is 4.90 Å². The zero-order valence-electron chi connectivity index (χ0n) is 18.2. The molecule has 0 bridgehead atoms. The van der Waals surface area contributed by atoms with Gasteiger partial charge in [-0.05, 0) is 48.7 Å². The number of hydrogen-bond donors (Lipinski definition) is 0. The molecule has 0 saturated carbocycles. The Morgan fingerprint density at radius 2 is 1.78 bits per heavy atom. The summed E-state index contributed by atoms with van der Waals surface area (Å²) in [7, 11) is 1.88. The van der Waals surface area contributed by atoms with Gasteiger partial charge in [-0.25, -0.2) is 4.98 Å². The second kappa shape index (κ2) is 8.79. The maximum absolute atomic E-state index is 13.6. The van der Waals surface area contributed by atoms with E-state index in [9.17, 15) is 4.79 Å². The molecule has 0 N–H and O–H groups in total. The number of para-hydroxylation sites is 2. The lowest BCUT2D eigenvalue weighted by Gasteiger charge is -2.25. The SMILES string of the molecule is CN(Cc1ccccc1N1CCCC1)C(=O)c1cc(-c2cccnc2)nc2ccccc12. The lowest BCUT2D eigenvalue weighted by Crippen LogP contribution is -2.28. The molecule has 1 aliphatic rings. The van der Waals surface area contributed by atoms with Crippen LogP contribution in [0.2, 0.25) is 0 Å². The Kier molecular flexibility index (Phi) is 5.55. The van der Waals surface area contributed by atoms with Crippen LogP contribution in [-0.4, -0.2) is 40.9 Å². The Hall–Kier alpha value is -3.73. The topological polar surface area (TPSA) is 49.3 Å². The standard InChI is InChI=1S/C27H26N4O/c1-30(19-21-9-2-5-13-26(21)31-15-6-7-16-31)27(32)23-17-25(20-10-8-14-28-18-20)29-24-12-4-3-11-22(23)24/h2-5,8-14,17-18H,6-7,15-16,19H2,1H3. The largest absolute Gasteiger partial charge is 0.371 e. The van der Waals surface area contributed by atoms with E-state index in [2.05, 4.69) is 34.1 Å². The molecule has 4 aromatic rings. The lowest BCUT2D eigenvalue weighted by molar-refractivity contribution is 0.0787. The Morgan fingerprint density at radius 3 is 2.59 bits per heavy atom. The van der Waals surface area contributed by atoms with Gasteiger partial charge in [0.2, 0.25) is 0 Å². The van der Waals surface area contributed by atoms with Crippen LogP contribution in [0.25, 0.3) is 22.2 Å². The van der Waals surface area contributed by atoms with Crippen molar-refractivity contribution in [2.45, 2.75) is 19.4 Å². The predicted octanol–water partition coefficient (Wildman–Crippen LogP) is 5.17. The third-order valence-corrected chi connectivity index (χ3v) is 6.10. The molecule has 0 radical (unpaired) electrons. The van der Waals surface area contributed by atoms with Gasteiger partial charge in [-0.15, -0.1) is 0 Å². The highest BCUT2D eigenvalue weighted by Gasteiger charge is 2.20. The first-order chi connectivity index (χ1) is 15.7. The van der Waals surface area contributed by atoms with E-state index in [1.54, 1.807) is 12.4 Å². The Bertz CT molecular complexity index is 1250. The van der Waals surface area contributed by atoms with Crippen LogP contribution in [0.15, 0.2) is 79.1 Å². The molecular formula is C27H26N4O. The summed E-state index contributed by atoms with van der Waals surface area (Å²) in [5.74, 6) is -0.00929. The van der Waals surface area contributed by atoms with E-state index < -0.39 is 0 Å².